The molecular weight excluding hydrogens is 516 g/mol. The number of hydrogen-bond acceptors (Lipinski definition) is 6. The molecule has 0 N–H and O–H groups in total. The van der Waals surface area contributed by atoms with E-state index in [0.717, 1.165) is 77.3 Å². The smallest absolute Gasteiger partial charge is 0.147 e. The highest BCUT2D eigenvalue weighted by atomic mass is 15.0. The molecular formula is C36H42N6. The fourth-order valence-electron chi connectivity index (χ4n) is 5.76. The summed E-state index contributed by atoms with van der Waals surface area (Å²) in [6.45, 7) is 4.86. The number of fused-ring (bicyclic) bond motifs is 1. The van der Waals surface area contributed by atoms with Gasteiger partial charge in [0.15, 0.2) is 0 Å². The van der Waals surface area contributed by atoms with Gasteiger partial charge in [-0.15, -0.1) is 5.73 Å². The molecule has 6 heteroatoms. The Hall–Kier alpha value is -4.15. The SMILES string of the molecule is CC=NC1CCC(C/C=C/C2=NC=C3CC(c4cnc(=NCCCC5=CN(C)C=C=C5)cc(C)c4)=CN=C3C=C2)CC1. The molecule has 0 saturated heterocycles. The fraction of sp³-hybridized carbons (Fsp3) is 0.389. The molecule has 0 atom stereocenters. The lowest BCUT2D eigenvalue weighted by Gasteiger charge is -2.25. The van der Waals surface area contributed by atoms with E-state index < -0.39 is 0 Å². The maximum absolute atomic E-state index is 4.79. The van der Waals surface area contributed by atoms with Crippen molar-refractivity contribution in [3.63, 3.8) is 0 Å². The van der Waals surface area contributed by atoms with Crippen molar-refractivity contribution in [3.05, 3.63) is 107 Å². The number of aromatic nitrogens is 1. The first kappa shape index (κ1) is 29.3. The van der Waals surface area contributed by atoms with Gasteiger partial charge in [-0.25, -0.2) is 4.98 Å². The van der Waals surface area contributed by atoms with Gasteiger partial charge >= 0.3 is 0 Å². The summed E-state index contributed by atoms with van der Waals surface area (Å²) >= 11 is 0. The van der Waals surface area contributed by atoms with Gasteiger partial charge in [0.25, 0.3) is 0 Å². The lowest BCUT2D eigenvalue weighted by Crippen LogP contribution is -2.16. The number of nitrogens with zero attached hydrogens (tertiary/aromatic N) is 6. The molecule has 1 saturated carbocycles. The second kappa shape index (κ2) is 14.7. The average molecular weight is 559 g/mol. The second-order valence-electron chi connectivity index (χ2n) is 11.5. The fourth-order valence-corrected chi connectivity index (χ4v) is 5.76. The van der Waals surface area contributed by atoms with Crippen molar-refractivity contribution < 1.29 is 0 Å². The van der Waals surface area contributed by atoms with Crippen molar-refractivity contribution in [2.45, 2.75) is 71.3 Å². The molecule has 4 aliphatic rings. The Morgan fingerprint density at radius 3 is 2.76 bits per heavy atom. The zero-order valence-electron chi connectivity index (χ0n) is 25.2. The number of rotatable bonds is 9. The molecule has 0 unspecified atom stereocenters. The van der Waals surface area contributed by atoms with Crippen molar-refractivity contribution in [3.8, 4) is 0 Å². The van der Waals surface area contributed by atoms with Crippen LogP contribution in [0.15, 0.2) is 110 Å². The van der Waals surface area contributed by atoms with Crippen LogP contribution in [0.4, 0.5) is 0 Å². The summed E-state index contributed by atoms with van der Waals surface area (Å²) in [4.78, 5) is 25.6. The van der Waals surface area contributed by atoms with Crippen LogP contribution in [0.5, 0.6) is 0 Å². The lowest BCUT2D eigenvalue weighted by molar-refractivity contribution is 0.330. The molecule has 0 spiro atoms. The van der Waals surface area contributed by atoms with E-state index in [0.29, 0.717) is 6.04 Å². The summed E-state index contributed by atoms with van der Waals surface area (Å²) in [7, 11) is 2.02. The van der Waals surface area contributed by atoms with Gasteiger partial charge in [0, 0.05) is 62.6 Å². The van der Waals surface area contributed by atoms with E-state index in [-0.39, 0.29) is 0 Å². The first-order chi connectivity index (χ1) is 20.6. The van der Waals surface area contributed by atoms with E-state index in [2.05, 4.69) is 60.3 Å². The highest BCUT2D eigenvalue weighted by Gasteiger charge is 2.19. The van der Waals surface area contributed by atoms with E-state index in [1.165, 1.54) is 31.3 Å². The minimum atomic E-state index is 0.534. The molecule has 0 radical (unpaired) electrons. The quantitative estimate of drug-likeness (QED) is 0.182. The Balaban J connectivity index is 1.19. The normalized spacial score (nSPS) is 22.5. The molecule has 1 aliphatic carbocycles. The van der Waals surface area contributed by atoms with Crippen LogP contribution < -0.4 is 5.49 Å². The van der Waals surface area contributed by atoms with Crippen LogP contribution in [0.1, 0.15) is 69.4 Å². The molecule has 1 fully saturated rings. The number of aryl methyl sites for hydroxylation is 1. The van der Waals surface area contributed by atoms with Crippen molar-refractivity contribution in [2.75, 3.05) is 13.6 Å². The molecule has 216 valence electrons. The lowest BCUT2D eigenvalue weighted by atomic mass is 9.84. The van der Waals surface area contributed by atoms with Crippen LogP contribution in [0.3, 0.4) is 0 Å². The zero-order chi connectivity index (χ0) is 29.1. The molecule has 0 aromatic carbocycles. The van der Waals surface area contributed by atoms with Crippen LogP contribution in [-0.2, 0) is 0 Å². The highest BCUT2D eigenvalue weighted by Crippen LogP contribution is 2.30. The minimum absolute atomic E-state index is 0.534. The molecule has 0 bridgehead atoms. The monoisotopic (exact) mass is 558 g/mol. The summed E-state index contributed by atoms with van der Waals surface area (Å²) in [5.74, 6) is 0.756. The number of allylic oxidation sites excluding steroid dienone is 8. The van der Waals surface area contributed by atoms with Gasteiger partial charge in [-0.2, -0.15) is 0 Å². The number of aliphatic imine (C=N–C) groups is 3. The van der Waals surface area contributed by atoms with Gasteiger partial charge in [0.1, 0.15) is 5.49 Å². The predicted molar refractivity (Wildman–Crippen MR) is 175 cm³/mol. The Bertz CT molecular complexity index is 1530. The maximum atomic E-state index is 4.79. The standard InChI is InChI=1S/C36H42N6/c1-4-37-34-14-12-28(13-15-34)8-5-11-33-16-17-35-32(25-39-33)22-31(23-40-35)30-20-27(2)21-36(41-24-30)38-18-6-9-29-10-7-19-42(3)26-29/h4-5,10-11,16-17,19-21,23-26,28,34H,6,8-9,12-15,18,22H2,1-3H3/b11-5+,37-4?,38-36?. The summed E-state index contributed by atoms with van der Waals surface area (Å²) in [5, 5.41) is 0. The largest absolute Gasteiger partial charge is 0.350 e. The highest BCUT2D eigenvalue weighted by molar-refractivity contribution is 6.17. The van der Waals surface area contributed by atoms with E-state index in [9.17, 15) is 0 Å². The molecule has 6 nitrogen and oxygen atoms in total. The summed E-state index contributed by atoms with van der Waals surface area (Å²) < 4.78 is 0. The van der Waals surface area contributed by atoms with Gasteiger partial charge in [-0.3, -0.25) is 20.0 Å². The first-order valence-electron chi connectivity index (χ1n) is 15.3. The maximum Gasteiger partial charge on any atom is 0.147 e. The van der Waals surface area contributed by atoms with Crippen molar-refractivity contribution >= 4 is 23.2 Å². The van der Waals surface area contributed by atoms with Crippen LogP contribution in [-0.4, -0.2) is 47.2 Å². The summed E-state index contributed by atoms with van der Waals surface area (Å²) in [6, 6.07) is 4.76. The molecule has 5 rings (SSSR count). The summed E-state index contributed by atoms with van der Waals surface area (Å²) in [5.41, 5.74) is 11.6. The van der Waals surface area contributed by atoms with E-state index in [1.54, 1.807) is 0 Å². The van der Waals surface area contributed by atoms with E-state index in [4.69, 9.17) is 20.0 Å². The Morgan fingerprint density at radius 2 is 1.93 bits per heavy atom. The van der Waals surface area contributed by atoms with Gasteiger partial charge in [0.05, 0.1) is 11.4 Å². The number of hydrogen-bond donors (Lipinski definition) is 0. The first-order valence-corrected chi connectivity index (χ1v) is 15.3. The van der Waals surface area contributed by atoms with Crippen molar-refractivity contribution in [1.29, 1.82) is 0 Å². The second-order valence-corrected chi connectivity index (χ2v) is 11.5. The van der Waals surface area contributed by atoms with Crippen molar-refractivity contribution in [2.24, 2.45) is 25.9 Å². The van der Waals surface area contributed by atoms with Gasteiger partial charge in [-0.05, 0) is 124 Å². The Kier molecular flexibility index (Phi) is 10.2. The van der Waals surface area contributed by atoms with Crippen LogP contribution in [0.2, 0.25) is 0 Å². The molecule has 4 heterocycles. The van der Waals surface area contributed by atoms with Gasteiger partial charge in [0.2, 0.25) is 0 Å². The third-order valence-electron chi connectivity index (χ3n) is 8.05. The van der Waals surface area contributed by atoms with E-state index in [1.807, 2.05) is 56.0 Å². The molecule has 42 heavy (non-hydrogen) atoms. The van der Waals surface area contributed by atoms with Crippen molar-refractivity contribution in [1.82, 2.24) is 9.88 Å². The molecule has 0 amide bonds. The Morgan fingerprint density at radius 1 is 1.07 bits per heavy atom. The average Bonchev–Trinajstić information content (AvgIpc) is 3.31. The molecule has 1 aromatic heterocycles. The van der Waals surface area contributed by atoms with Gasteiger partial charge < -0.3 is 4.90 Å². The third kappa shape index (κ3) is 8.43. The van der Waals surface area contributed by atoms with Crippen LogP contribution in [0, 0.1) is 12.8 Å². The third-order valence-corrected chi connectivity index (χ3v) is 8.05. The van der Waals surface area contributed by atoms with Crippen LogP contribution in [0.25, 0.3) is 5.57 Å². The van der Waals surface area contributed by atoms with Gasteiger partial charge in [-0.1, -0.05) is 12.1 Å². The Labute approximate surface area is 250 Å². The van der Waals surface area contributed by atoms with Crippen LogP contribution >= 0.6 is 0 Å². The molecule has 1 aromatic rings. The van der Waals surface area contributed by atoms with E-state index >= 15 is 0 Å². The zero-order valence-corrected chi connectivity index (χ0v) is 25.2. The predicted octanol–water partition coefficient (Wildman–Crippen LogP) is 7.25. The summed E-state index contributed by atoms with van der Waals surface area (Å²) in [6.07, 6.45) is 31.3. The topological polar surface area (TPSA) is 65.6 Å². The minimum Gasteiger partial charge on any atom is -0.350 e. The molecule has 3 aliphatic heterocycles.